The number of aliphatic hydroxyl groups is 1. The summed E-state index contributed by atoms with van der Waals surface area (Å²) in [6.45, 7) is 4.18. The van der Waals surface area contributed by atoms with E-state index in [1.54, 1.807) is 0 Å². The molecule has 0 heterocycles. The van der Waals surface area contributed by atoms with Crippen molar-refractivity contribution in [2.24, 2.45) is 11.8 Å². The SMILES string of the molecule is CCC(C)C(O)CNC(=O)CNC(=O)CC1CCCC1. The highest BCUT2D eigenvalue weighted by atomic mass is 16.3. The predicted octanol–water partition coefficient (Wildman–Crippen LogP) is 1.21. The van der Waals surface area contributed by atoms with E-state index in [4.69, 9.17) is 0 Å². The van der Waals surface area contributed by atoms with E-state index in [1.807, 2.05) is 13.8 Å². The molecule has 0 spiro atoms. The highest BCUT2D eigenvalue weighted by molar-refractivity contribution is 5.84. The second-order valence-electron chi connectivity index (χ2n) is 5.89. The van der Waals surface area contributed by atoms with Gasteiger partial charge in [0.15, 0.2) is 0 Å². The van der Waals surface area contributed by atoms with Crippen LogP contribution in [0.5, 0.6) is 0 Å². The Morgan fingerprint density at radius 1 is 1.20 bits per heavy atom. The molecule has 0 radical (unpaired) electrons. The lowest BCUT2D eigenvalue weighted by molar-refractivity contribution is -0.126. The van der Waals surface area contributed by atoms with Crippen LogP contribution in [0.4, 0.5) is 0 Å². The summed E-state index contributed by atoms with van der Waals surface area (Å²) in [5.41, 5.74) is 0. The molecule has 0 aliphatic heterocycles. The van der Waals surface area contributed by atoms with E-state index >= 15 is 0 Å². The second-order valence-corrected chi connectivity index (χ2v) is 5.89. The zero-order chi connectivity index (χ0) is 15.0. The van der Waals surface area contributed by atoms with Crippen LogP contribution in [-0.4, -0.2) is 36.1 Å². The molecule has 0 aromatic rings. The van der Waals surface area contributed by atoms with E-state index in [9.17, 15) is 14.7 Å². The standard InChI is InChI=1S/C15H28N2O3/c1-3-11(2)13(18)9-16-15(20)10-17-14(19)8-12-6-4-5-7-12/h11-13,18H,3-10H2,1-2H3,(H,16,20)(H,17,19). The number of rotatable bonds is 8. The Morgan fingerprint density at radius 3 is 2.45 bits per heavy atom. The number of hydrogen-bond donors (Lipinski definition) is 3. The second kappa shape index (κ2) is 8.95. The number of carbonyl (C=O) groups excluding carboxylic acids is 2. The summed E-state index contributed by atoms with van der Waals surface area (Å²) in [4.78, 5) is 23.2. The van der Waals surface area contributed by atoms with Crippen molar-refractivity contribution in [1.29, 1.82) is 0 Å². The third kappa shape index (κ3) is 6.37. The van der Waals surface area contributed by atoms with Crippen LogP contribution in [-0.2, 0) is 9.59 Å². The number of amides is 2. The monoisotopic (exact) mass is 284 g/mol. The Hall–Kier alpha value is -1.10. The number of carbonyl (C=O) groups is 2. The molecule has 1 saturated carbocycles. The third-order valence-corrected chi connectivity index (χ3v) is 4.20. The van der Waals surface area contributed by atoms with Gasteiger partial charge in [-0.1, -0.05) is 33.1 Å². The quantitative estimate of drug-likeness (QED) is 0.627. The first-order valence-corrected chi connectivity index (χ1v) is 7.74. The van der Waals surface area contributed by atoms with Crippen LogP contribution in [0.2, 0.25) is 0 Å². The molecule has 2 unspecified atom stereocenters. The molecule has 1 aliphatic rings. The molecule has 0 saturated heterocycles. The van der Waals surface area contributed by atoms with E-state index in [1.165, 1.54) is 12.8 Å². The molecule has 2 amide bonds. The largest absolute Gasteiger partial charge is 0.391 e. The number of aliphatic hydroxyl groups excluding tert-OH is 1. The first kappa shape index (κ1) is 17.0. The van der Waals surface area contributed by atoms with Crippen LogP contribution in [0.3, 0.4) is 0 Å². The Balaban J connectivity index is 2.11. The van der Waals surface area contributed by atoms with Gasteiger partial charge in [0.05, 0.1) is 12.6 Å². The fraction of sp³-hybridized carbons (Fsp3) is 0.867. The van der Waals surface area contributed by atoms with Gasteiger partial charge in [0, 0.05) is 13.0 Å². The van der Waals surface area contributed by atoms with E-state index in [2.05, 4.69) is 10.6 Å². The number of nitrogens with one attached hydrogen (secondary N) is 2. The predicted molar refractivity (Wildman–Crippen MR) is 78.1 cm³/mol. The fourth-order valence-electron chi connectivity index (χ4n) is 2.48. The minimum Gasteiger partial charge on any atom is -0.391 e. The van der Waals surface area contributed by atoms with Gasteiger partial charge < -0.3 is 15.7 Å². The normalized spacial score (nSPS) is 18.6. The van der Waals surface area contributed by atoms with E-state index in [0.29, 0.717) is 12.3 Å². The molecule has 0 aromatic carbocycles. The summed E-state index contributed by atoms with van der Waals surface area (Å²) in [5, 5.41) is 15.0. The zero-order valence-corrected chi connectivity index (χ0v) is 12.7. The summed E-state index contributed by atoms with van der Waals surface area (Å²) in [6, 6.07) is 0. The maximum Gasteiger partial charge on any atom is 0.239 e. The molecular weight excluding hydrogens is 256 g/mol. The molecule has 1 fully saturated rings. The Kier molecular flexibility index (Phi) is 7.59. The minimum atomic E-state index is -0.529. The van der Waals surface area contributed by atoms with Gasteiger partial charge in [-0.3, -0.25) is 9.59 Å². The van der Waals surface area contributed by atoms with Gasteiger partial charge in [-0.2, -0.15) is 0 Å². The van der Waals surface area contributed by atoms with Gasteiger partial charge in [-0.15, -0.1) is 0 Å². The Morgan fingerprint density at radius 2 is 1.85 bits per heavy atom. The topological polar surface area (TPSA) is 78.4 Å². The molecule has 2 atom stereocenters. The summed E-state index contributed by atoms with van der Waals surface area (Å²) < 4.78 is 0. The van der Waals surface area contributed by atoms with Crippen LogP contribution >= 0.6 is 0 Å². The van der Waals surface area contributed by atoms with Crippen molar-refractivity contribution in [1.82, 2.24) is 10.6 Å². The van der Waals surface area contributed by atoms with Crippen LogP contribution in [0.25, 0.3) is 0 Å². The number of hydrogen-bond acceptors (Lipinski definition) is 3. The summed E-state index contributed by atoms with van der Waals surface area (Å²) in [6.07, 6.45) is 5.55. The molecule has 3 N–H and O–H groups in total. The molecule has 20 heavy (non-hydrogen) atoms. The van der Waals surface area contributed by atoms with Gasteiger partial charge >= 0.3 is 0 Å². The average molecular weight is 284 g/mol. The maximum absolute atomic E-state index is 11.7. The highest BCUT2D eigenvalue weighted by Crippen LogP contribution is 2.27. The molecule has 116 valence electrons. The van der Waals surface area contributed by atoms with Crippen molar-refractivity contribution in [3.63, 3.8) is 0 Å². The molecule has 5 nitrogen and oxygen atoms in total. The smallest absolute Gasteiger partial charge is 0.239 e. The lowest BCUT2D eigenvalue weighted by Crippen LogP contribution is -2.41. The van der Waals surface area contributed by atoms with Gasteiger partial charge in [0.1, 0.15) is 0 Å². The molecule has 0 aromatic heterocycles. The average Bonchev–Trinajstić information content (AvgIpc) is 2.94. The molecule has 1 aliphatic carbocycles. The van der Waals surface area contributed by atoms with Crippen LogP contribution in [0.15, 0.2) is 0 Å². The van der Waals surface area contributed by atoms with Crippen molar-refractivity contribution in [2.75, 3.05) is 13.1 Å². The van der Waals surface area contributed by atoms with Crippen molar-refractivity contribution < 1.29 is 14.7 Å². The van der Waals surface area contributed by atoms with Crippen molar-refractivity contribution in [3.05, 3.63) is 0 Å². The van der Waals surface area contributed by atoms with E-state index in [0.717, 1.165) is 19.3 Å². The molecule has 1 rings (SSSR count). The molecule has 0 bridgehead atoms. The van der Waals surface area contributed by atoms with Gasteiger partial charge in [-0.05, 0) is 24.7 Å². The van der Waals surface area contributed by atoms with Crippen LogP contribution in [0.1, 0.15) is 52.4 Å². The van der Waals surface area contributed by atoms with Gasteiger partial charge in [-0.25, -0.2) is 0 Å². The summed E-state index contributed by atoms with van der Waals surface area (Å²) >= 11 is 0. The first-order valence-electron chi connectivity index (χ1n) is 7.74. The molecule has 5 heteroatoms. The third-order valence-electron chi connectivity index (χ3n) is 4.20. The van der Waals surface area contributed by atoms with Crippen LogP contribution < -0.4 is 10.6 Å². The zero-order valence-electron chi connectivity index (χ0n) is 12.7. The highest BCUT2D eigenvalue weighted by Gasteiger charge is 2.19. The first-order chi connectivity index (χ1) is 9.52. The van der Waals surface area contributed by atoms with E-state index < -0.39 is 6.10 Å². The maximum atomic E-state index is 11.7. The van der Waals surface area contributed by atoms with E-state index in [-0.39, 0.29) is 30.8 Å². The van der Waals surface area contributed by atoms with Crippen molar-refractivity contribution in [2.45, 2.75) is 58.5 Å². The van der Waals surface area contributed by atoms with Crippen LogP contribution in [0, 0.1) is 11.8 Å². The Labute approximate surface area is 121 Å². The summed E-state index contributed by atoms with van der Waals surface area (Å²) in [7, 11) is 0. The lowest BCUT2D eigenvalue weighted by Gasteiger charge is -2.17. The Bertz CT molecular complexity index is 314. The fourth-order valence-corrected chi connectivity index (χ4v) is 2.48. The van der Waals surface area contributed by atoms with Crippen molar-refractivity contribution in [3.8, 4) is 0 Å². The summed E-state index contributed by atoms with van der Waals surface area (Å²) in [5.74, 6) is 0.360. The van der Waals surface area contributed by atoms with Crippen molar-refractivity contribution >= 4 is 11.8 Å². The van der Waals surface area contributed by atoms with Gasteiger partial charge in [0.2, 0.25) is 11.8 Å². The minimum absolute atomic E-state index is 0.00121. The molecular formula is C15H28N2O3. The van der Waals surface area contributed by atoms with Gasteiger partial charge in [0.25, 0.3) is 0 Å². The lowest BCUT2D eigenvalue weighted by atomic mass is 10.0.